The SMILES string of the molecule is CC(C)CN(C)C(=O)N[C@H]1CCCCC/C=C\[C@H]2C[C@@]2(C(=O)NS(=O)(=O)C2CC2)NC(=O)[C@@H]2C[C@@H](OC(=O)N3Cc4cccc(F)c4C3)CN2C1=O. The highest BCUT2D eigenvalue weighted by Crippen LogP contribution is 2.46. The van der Waals surface area contributed by atoms with Gasteiger partial charge >= 0.3 is 12.1 Å². The summed E-state index contributed by atoms with van der Waals surface area (Å²) in [6, 6.07) is 2.00. The molecule has 3 fully saturated rings. The Morgan fingerprint density at radius 1 is 1.12 bits per heavy atom. The van der Waals surface area contributed by atoms with Gasteiger partial charge in [0.15, 0.2) is 0 Å². The molecule has 2 aliphatic carbocycles. The summed E-state index contributed by atoms with van der Waals surface area (Å²) in [6.45, 7) is 4.38. The summed E-state index contributed by atoms with van der Waals surface area (Å²) in [5.74, 6) is -2.76. The summed E-state index contributed by atoms with van der Waals surface area (Å²) in [7, 11) is -2.27. The Kier molecular flexibility index (Phi) is 10.9. The van der Waals surface area contributed by atoms with E-state index in [-0.39, 0.29) is 38.4 Å². The first-order valence-electron chi connectivity index (χ1n) is 18.3. The molecular formula is C36H49FN6O8S. The van der Waals surface area contributed by atoms with E-state index in [9.17, 15) is 36.8 Å². The van der Waals surface area contributed by atoms with E-state index in [1.807, 2.05) is 26.0 Å². The lowest BCUT2D eigenvalue weighted by atomic mass is 10.0. The van der Waals surface area contributed by atoms with Gasteiger partial charge in [0.25, 0.3) is 5.91 Å². The van der Waals surface area contributed by atoms with Gasteiger partial charge in [-0.2, -0.15) is 0 Å². The number of halogens is 1. The Balaban J connectivity index is 1.25. The van der Waals surface area contributed by atoms with Crippen molar-refractivity contribution in [3.8, 4) is 0 Å². The molecule has 6 amide bonds. The average Bonchev–Trinajstić information content (AvgIpc) is 3.97. The summed E-state index contributed by atoms with van der Waals surface area (Å²) < 4.78 is 48.0. The van der Waals surface area contributed by atoms with Gasteiger partial charge in [-0.25, -0.2) is 22.4 Å². The molecule has 1 aromatic rings. The minimum Gasteiger partial charge on any atom is -0.444 e. The summed E-state index contributed by atoms with van der Waals surface area (Å²) in [5, 5.41) is 5.02. The van der Waals surface area contributed by atoms with Crippen LogP contribution in [0.1, 0.15) is 82.8 Å². The molecule has 6 rings (SSSR count). The van der Waals surface area contributed by atoms with Gasteiger partial charge in [0.05, 0.1) is 18.3 Å². The summed E-state index contributed by atoms with van der Waals surface area (Å²) >= 11 is 0. The molecule has 5 atom stereocenters. The Hall–Kier alpha value is -4.21. The van der Waals surface area contributed by atoms with Gasteiger partial charge in [0.1, 0.15) is 29.5 Å². The van der Waals surface area contributed by atoms with Crippen LogP contribution in [0.5, 0.6) is 0 Å². The molecular weight excluding hydrogens is 695 g/mol. The molecule has 0 bridgehead atoms. The lowest BCUT2D eigenvalue weighted by molar-refractivity contribution is -0.141. The quantitative estimate of drug-likeness (QED) is 0.358. The van der Waals surface area contributed by atoms with Crippen LogP contribution >= 0.6 is 0 Å². The Bertz CT molecular complexity index is 1730. The fourth-order valence-electron chi connectivity index (χ4n) is 7.46. The predicted octanol–water partition coefficient (Wildman–Crippen LogP) is 2.92. The second kappa shape index (κ2) is 15.0. The zero-order chi connectivity index (χ0) is 37.4. The number of urea groups is 1. The monoisotopic (exact) mass is 744 g/mol. The third kappa shape index (κ3) is 8.21. The van der Waals surface area contributed by atoms with Crippen LogP contribution in [0.4, 0.5) is 14.0 Å². The molecule has 0 spiro atoms. The van der Waals surface area contributed by atoms with Gasteiger partial charge in [-0.15, -0.1) is 0 Å². The van der Waals surface area contributed by atoms with Crippen LogP contribution in [0.15, 0.2) is 30.4 Å². The summed E-state index contributed by atoms with van der Waals surface area (Å²) in [4.78, 5) is 73.0. The van der Waals surface area contributed by atoms with Gasteiger partial charge in [-0.1, -0.05) is 51.0 Å². The number of fused-ring (bicyclic) bond motifs is 3. The number of allylic oxidation sites excluding steroid dienone is 1. The van der Waals surface area contributed by atoms with Crippen LogP contribution < -0.4 is 15.4 Å². The fraction of sp³-hybridized carbons (Fsp3) is 0.639. The van der Waals surface area contributed by atoms with Gasteiger partial charge in [0.2, 0.25) is 21.8 Å². The second-order valence-electron chi connectivity index (χ2n) is 15.3. The second-order valence-corrected chi connectivity index (χ2v) is 17.2. The van der Waals surface area contributed by atoms with E-state index in [1.165, 1.54) is 20.8 Å². The number of hydrogen-bond acceptors (Lipinski definition) is 8. The number of nitrogens with one attached hydrogen (secondary N) is 3. The number of amides is 6. The fourth-order valence-corrected chi connectivity index (χ4v) is 8.83. The summed E-state index contributed by atoms with van der Waals surface area (Å²) in [5.41, 5.74) is -0.487. The van der Waals surface area contributed by atoms with Crippen molar-refractivity contribution in [2.45, 2.75) is 114 Å². The highest BCUT2D eigenvalue weighted by Gasteiger charge is 2.62. The van der Waals surface area contributed by atoms with Gasteiger partial charge in [-0.05, 0) is 56.1 Å². The van der Waals surface area contributed by atoms with Gasteiger partial charge in [-0.3, -0.25) is 24.0 Å². The molecule has 3 heterocycles. The minimum absolute atomic E-state index is 0.00836. The average molecular weight is 745 g/mol. The first kappa shape index (κ1) is 37.5. The van der Waals surface area contributed by atoms with Crippen LogP contribution in [0.25, 0.3) is 0 Å². The number of sulfonamides is 1. The number of benzene rings is 1. The van der Waals surface area contributed by atoms with Crippen LogP contribution in [0.2, 0.25) is 0 Å². The molecule has 3 N–H and O–H groups in total. The number of nitrogens with zero attached hydrogens (tertiary/aromatic N) is 3. The maximum absolute atomic E-state index is 14.4. The Labute approximate surface area is 303 Å². The van der Waals surface area contributed by atoms with Crippen molar-refractivity contribution < 1.29 is 41.5 Å². The highest BCUT2D eigenvalue weighted by atomic mass is 32.2. The first-order valence-corrected chi connectivity index (χ1v) is 19.8. The molecule has 2 saturated carbocycles. The third-order valence-electron chi connectivity index (χ3n) is 10.6. The molecule has 16 heteroatoms. The molecule has 1 saturated heterocycles. The molecule has 14 nitrogen and oxygen atoms in total. The highest BCUT2D eigenvalue weighted by molar-refractivity contribution is 7.91. The zero-order valence-corrected chi connectivity index (χ0v) is 30.8. The standard InChI is InChI=1S/C36H49FN6O8S/c1-22(2)18-41(3)34(47)38-29-13-8-6-4-5-7-11-24-17-36(24,33(46)40-52(49,50)26-14-15-26)39-31(44)30-16-25(20-43(30)32(29)45)51-35(48)42-19-23-10-9-12-28(37)27(23)21-42/h7,9-12,22,24-26,29-30H,4-6,8,13-21H2,1-3H3,(H,38,47)(H,39,44)(H,40,46)/b11-7-/t24-,25+,29-,30-,36+/m0/s1. The van der Waals surface area contributed by atoms with Crippen molar-refractivity contribution >= 4 is 39.9 Å². The number of carbonyl (C=O) groups excluding carboxylic acids is 5. The lowest BCUT2D eigenvalue weighted by Gasteiger charge is -2.31. The van der Waals surface area contributed by atoms with Crippen molar-refractivity contribution in [1.82, 2.24) is 30.1 Å². The molecule has 3 aliphatic heterocycles. The lowest BCUT2D eigenvalue weighted by Crippen LogP contribution is -2.58. The molecule has 5 aliphatic rings. The van der Waals surface area contributed by atoms with Crippen molar-refractivity contribution in [3.63, 3.8) is 0 Å². The molecule has 0 aromatic heterocycles. The van der Waals surface area contributed by atoms with E-state index >= 15 is 0 Å². The summed E-state index contributed by atoms with van der Waals surface area (Å²) in [6.07, 6.45) is 6.19. The largest absolute Gasteiger partial charge is 0.444 e. The topological polar surface area (TPSA) is 175 Å². The molecule has 1 aromatic carbocycles. The van der Waals surface area contributed by atoms with Crippen molar-refractivity contribution in [1.29, 1.82) is 0 Å². The number of rotatable bonds is 7. The minimum atomic E-state index is -3.91. The normalized spacial score (nSPS) is 28.4. The van der Waals surface area contributed by atoms with E-state index in [0.717, 1.165) is 12.8 Å². The van der Waals surface area contributed by atoms with Gasteiger partial charge < -0.3 is 25.2 Å². The number of hydrogen-bond donors (Lipinski definition) is 3. The van der Waals surface area contributed by atoms with E-state index < -0.39 is 80.6 Å². The number of carbonyl (C=O) groups is 5. The third-order valence-corrected chi connectivity index (χ3v) is 12.4. The Morgan fingerprint density at radius 3 is 2.60 bits per heavy atom. The van der Waals surface area contributed by atoms with E-state index in [4.69, 9.17) is 4.74 Å². The number of ether oxygens (including phenoxy) is 1. The Morgan fingerprint density at radius 2 is 1.88 bits per heavy atom. The predicted molar refractivity (Wildman–Crippen MR) is 187 cm³/mol. The zero-order valence-electron chi connectivity index (χ0n) is 29.9. The van der Waals surface area contributed by atoms with Crippen LogP contribution in [0.3, 0.4) is 0 Å². The smallest absolute Gasteiger partial charge is 0.410 e. The first-order chi connectivity index (χ1) is 24.7. The van der Waals surface area contributed by atoms with Crippen LogP contribution in [-0.2, 0) is 42.2 Å². The molecule has 0 radical (unpaired) electrons. The maximum Gasteiger partial charge on any atom is 0.410 e. The molecule has 0 unspecified atom stereocenters. The van der Waals surface area contributed by atoms with E-state index in [0.29, 0.717) is 49.8 Å². The van der Waals surface area contributed by atoms with Gasteiger partial charge in [0, 0.05) is 38.0 Å². The molecule has 284 valence electrons. The van der Waals surface area contributed by atoms with Crippen LogP contribution in [0, 0.1) is 17.7 Å². The van der Waals surface area contributed by atoms with Crippen molar-refractivity contribution in [2.24, 2.45) is 11.8 Å². The van der Waals surface area contributed by atoms with E-state index in [1.54, 1.807) is 19.2 Å². The molecule has 52 heavy (non-hydrogen) atoms. The van der Waals surface area contributed by atoms with Crippen LogP contribution in [-0.4, -0.2) is 102 Å². The maximum atomic E-state index is 14.4. The van der Waals surface area contributed by atoms with Crippen molar-refractivity contribution in [2.75, 3.05) is 20.1 Å². The van der Waals surface area contributed by atoms with E-state index in [2.05, 4.69) is 15.4 Å². The van der Waals surface area contributed by atoms with Crippen molar-refractivity contribution in [3.05, 3.63) is 47.3 Å².